The van der Waals surface area contributed by atoms with Gasteiger partial charge in [0.15, 0.2) is 0 Å². The first-order chi connectivity index (χ1) is 7.18. The molecule has 0 fully saturated rings. The summed E-state index contributed by atoms with van der Waals surface area (Å²) in [6, 6.07) is 11.5. The van der Waals surface area contributed by atoms with E-state index in [1.165, 1.54) is 4.88 Å². The summed E-state index contributed by atoms with van der Waals surface area (Å²) in [6.45, 7) is 2.01. The molecule has 2 aromatic rings. The number of rotatable bonds is 2. The third-order valence-electron chi connectivity index (χ3n) is 2.08. The number of benzene rings is 1. The summed E-state index contributed by atoms with van der Waals surface area (Å²) >= 11 is 3.74. The molecule has 0 atom stereocenters. The third-order valence-corrected chi connectivity index (χ3v) is 4.02. The molecule has 0 aliphatic heterocycles. The van der Waals surface area contributed by atoms with Crippen LogP contribution < -0.4 is 0 Å². The minimum absolute atomic E-state index is 0.123. The van der Waals surface area contributed by atoms with Crippen molar-refractivity contribution in [1.29, 1.82) is 0 Å². The van der Waals surface area contributed by atoms with E-state index in [0.29, 0.717) is 0 Å². The number of ketones is 1. The van der Waals surface area contributed by atoms with E-state index in [2.05, 4.69) is 22.6 Å². The Morgan fingerprint density at radius 3 is 2.53 bits per heavy atom. The molecule has 2 rings (SSSR count). The van der Waals surface area contributed by atoms with Crippen LogP contribution in [0.2, 0.25) is 0 Å². The maximum Gasteiger partial charge on any atom is 0.204 e. The fourth-order valence-electron chi connectivity index (χ4n) is 1.33. The first-order valence-electron chi connectivity index (χ1n) is 4.54. The van der Waals surface area contributed by atoms with Crippen molar-refractivity contribution in [3.05, 3.63) is 55.3 Å². The molecule has 1 aromatic heterocycles. The summed E-state index contributed by atoms with van der Waals surface area (Å²) in [5.41, 5.74) is 0.792. The molecule has 1 nitrogen and oxygen atoms in total. The van der Waals surface area contributed by atoms with Crippen molar-refractivity contribution in [3.8, 4) is 0 Å². The SMILES string of the molecule is Cc1ccc(C(=O)c2ccccc2I)s1. The van der Waals surface area contributed by atoms with E-state index in [4.69, 9.17) is 0 Å². The van der Waals surface area contributed by atoms with Crippen molar-refractivity contribution >= 4 is 39.7 Å². The van der Waals surface area contributed by atoms with E-state index in [9.17, 15) is 4.79 Å². The number of aryl methyl sites for hydroxylation is 1. The van der Waals surface area contributed by atoms with Crippen LogP contribution in [0, 0.1) is 10.5 Å². The van der Waals surface area contributed by atoms with Crippen molar-refractivity contribution in [2.45, 2.75) is 6.92 Å². The minimum atomic E-state index is 0.123. The topological polar surface area (TPSA) is 17.1 Å². The Morgan fingerprint density at radius 1 is 1.20 bits per heavy atom. The zero-order valence-electron chi connectivity index (χ0n) is 8.16. The highest BCUT2D eigenvalue weighted by Crippen LogP contribution is 2.21. The molecule has 0 saturated heterocycles. The van der Waals surface area contributed by atoms with Crippen LogP contribution in [0.1, 0.15) is 20.1 Å². The first-order valence-corrected chi connectivity index (χ1v) is 6.43. The maximum absolute atomic E-state index is 12.1. The van der Waals surface area contributed by atoms with Crippen LogP contribution in [0.15, 0.2) is 36.4 Å². The van der Waals surface area contributed by atoms with Crippen LogP contribution in [0.25, 0.3) is 0 Å². The Hall–Kier alpha value is -0.680. The predicted octanol–water partition coefficient (Wildman–Crippen LogP) is 3.89. The number of thiophene rings is 1. The van der Waals surface area contributed by atoms with E-state index in [1.807, 2.05) is 43.3 Å². The second kappa shape index (κ2) is 4.45. The van der Waals surface area contributed by atoms with E-state index < -0.39 is 0 Å². The van der Waals surface area contributed by atoms with Crippen LogP contribution >= 0.6 is 33.9 Å². The second-order valence-corrected chi connectivity index (χ2v) is 5.67. The first kappa shape index (κ1) is 10.8. The van der Waals surface area contributed by atoms with Gasteiger partial charge < -0.3 is 0 Å². The molecule has 15 heavy (non-hydrogen) atoms. The highest BCUT2D eigenvalue weighted by atomic mass is 127. The second-order valence-electron chi connectivity index (χ2n) is 3.22. The van der Waals surface area contributed by atoms with Gasteiger partial charge in [0.1, 0.15) is 0 Å². The zero-order chi connectivity index (χ0) is 10.8. The van der Waals surface area contributed by atoms with Crippen LogP contribution in [0.3, 0.4) is 0 Å². The van der Waals surface area contributed by atoms with Gasteiger partial charge >= 0.3 is 0 Å². The normalized spacial score (nSPS) is 10.3. The average molecular weight is 328 g/mol. The van der Waals surface area contributed by atoms with Gasteiger partial charge in [-0.05, 0) is 53.8 Å². The van der Waals surface area contributed by atoms with Gasteiger partial charge in [-0.25, -0.2) is 0 Å². The van der Waals surface area contributed by atoms with Crippen LogP contribution in [0.4, 0.5) is 0 Å². The molecule has 76 valence electrons. The Kier molecular flexibility index (Phi) is 3.21. The van der Waals surface area contributed by atoms with Crippen molar-refractivity contribution in [1.82, 2.24) is 0 Å². The van der Waals surface area contributed by atoms with Gasteiger partial charge in [-0.3, -0.25) is 4.79 Å². The zero-order valence-corrected chi connectivity index (χ0v) is 11.1. The number of hydrogen-bond acceptors (Lipinski definition) is 2. The number of carbonyl (C=O) groups is 1. The lowest BCUT2D eigenvalue weighted by Gasteiger charge is -2.00. The molecule has 1 aromatic carbocycles. The van der Waals surface area contributed by atoms with E-state index >= 15 is 0 Å². The van der Waals surface area contributed by atoms with Gasteiger partial charge in [0.25, 0.3) is 0 Å². The van der Waals surface area contributed by atoms with Crippen LogP contribution in [0.5, 0.6) is 0 Å². The number of carbonyl (C=O) groups excluding carboxylic acids is 1. The van der Waals surface area contributed by atoms with Crippen LogP contribution in [-0.4, -0.2) is 5.78 Å². The Balaban J connectivity index is 2.41. The fourth-order valence-corrected chi connectivity index (χ4v) is 2.79. The summed E-state index contributed by atoms with van der Waals surface area (Å²) in [5, 5.41) is 0. The molecule has 0 aliphatic carbocycles. The van der Waals surface area contributed by atoms with Gasteiger partial charge in [0.2, 0.25) is 5.78 Å². The largest absolute Gasteiger partial charge is 0.288 e. The lowest BCUT2D eigenvalue weighted by atomic mass is 10.1. The highest BCUT2D eigenvalue weighted by molar-refractivity contribution is 14.1. The molecule has 0 spiro atoms. The quantitative estimate of drug-likeness (QED) is 0.604. The minimum Gasteiger partial charge on any atom is -0.288 e. The Morgan fingerprint density at radius 2 is 1.93 bits per heavy atom. The summed E-state index contributed by atoms with van der Waals surface area (Å²) in [5.74, 6) is 0.123. The van der Waals surface area contributed by atoms with Crippen molar-refractivity contribution in [2.24, 2.45) is 0 Å². The molecule has 0 saturated carbocycles. The van der Waals surface area contributed by atoms with Crippen molar-refractivity contribution < 1.29 is 4.79 Å². The van der Waals surface area contributed by atoms with E-state index in [0.717, 1.165) is 14.0 Å². The standard InChI is InChI=1S/C12H9IOS/c1-8-6-7-11(15-8)12(14)9-4-2-3-5-10(9)13/h2-7H,1H3. The molecule has 0 N–H and O–H groups in total. The summed E-state index contributed by atoms with van der Waals surface area (Å²) in [4.78, 5) is 14.1. The molecule has 0 bridgehead atoms. The maximum atomic E-state index is 12.1. The molecule has 0 aliphatic rings. The van der Waals surface area contributed by atoms with Gasteiger partial charge in [0, 0.05) is 14.0 Å². The van der Waals surface area contributed by atoms with Gasteiger partial charge in [-0.1, -0.05) is 12.1 Å². The molecule has 3 heteroatoms. The number of halogens is 1. The van der Waals surface area contributed by atoms with Crippen LogP contribution in [-0.2, 0) is 0 Å². The monoisotopic (exact) mass is 328 g/mol. The van der Waals surface area contributed by atoms with Gasteiger partial charge in [-0.15, -0.1) is 11.3 Å². The predicted molar refractivity (Wildman–Crippen MR) is 71.6 cm³/mol. The molecular weight excluding hydrogens is 319 g/mol. The molecular formula is C12H9IOS. The highest BCUT2D eigenvalue weighted by Gasteiger charge is 2.13. The van der Waals surface area contributed by atoms with Gasteiger partial charge in [-0.2, -0.15) is 0 Å². The Labute approximate surface area is 106 Å². The molecule has 0 radical (unpaired) electrons. The fraction of sp³-hybridized carbons (Fsp3) is 0.0833. The average Bonchev–Trinajstić information content (AvgIpc) is 2.65. The summed E-state index contributed by atoms with van der Waals surface area (Å²) in [7, 11) is 0. The molecule has 0 unspecified atom stereocenters. The Bertz CT molecular complexity index is 502. The van der Waals surface area contributed by atoms with Gasteiger partial charge in [0.05, 0.1) is 4.88 Å². The number of hydrogen-bond donors (Lipinski definition) is 0. The summed E-state index contributed by atoms with van der Waals surface area (Å²) in [6.07, 6.45) is 0. The van der Waals surface area contributed by atoms with Crippen molar-refractivity contribution in [3.63, 3.8) is 0 Å². The third kappa shape index (κ3) is 2.29. The van der Waals surface area contributed by atoms with Crippen molar-refractivity contribution in [2.75, 3.05) is 0 Å². The summed E-state index contributed by atoms with van der Waals surface area (Å²) < 4.78 is 1.01. The molecule has 1 heterocycles. The smallest absolute Gasteiger partial charge is 0.204 e. The van der Waals surface area contributed by atoms with E-state index in [1.54, 1.807) is 11.3 Å². The van der Waals surface area contributed by atoms with E-state index in [-0.39, 0.29) is 5.78 Å². The lowest BCUT2D eigenvalue weighted by Crippen LogP contribution is -2.00. The lowest BCUT2D eigenvalue weighted by molar-refractivity contribution is 0.104. The molecule has 0 amide bonds.